The van der Waals surface area contributed by atoms with Crippen LogP contribution in [0.1, 0.15) is 0 Å². The van der Waals surface area contributed by atoms with E-state index in [4.69, 9.17) is 28.4 Å². The normalized spacial score (nSPS) is 49.9. The zero-order chi connectivity index (χ0) is 15.3. The number of carbonyl (C=O) groups is 1. The zero-order valence-corrected chi connectivity index (χ0v) is 11.7. The molecule has 9 nitrogen and oxygen atoms in total. The van der Waals surface area contributed by atoms with Crippen LogP contribution in [0.25, 0.3) is 0 Å². The lowest BCUT2D eigenvalue weighted by atomic mass is 10.1. The van der Waals surface area contributed by atoms with Crippen molar-refractivity contribution >= 4 is 6.16 Å². The van der Waals surface area contributed by atoms with Gasteiger partial charge >= 0.3 is 6.16 Å². The van der Waals surface area contributed by atoms with Gasteiger partial charge in [0.05, 0.1) is 26.4 Å². The van der Waals surface area contributed by atoms with Crippen LogP contribution in [0.2, 0.25) is 0 Å². The standard InChI is InChI=1S/C13H18O9/c14-5-1-17-11-7(3-19-9(5)11)21-13(16)22-8-4-20-10-6(15)2-18-12(8)10/h5-12,14-15H,1-4H2/t5-,6-,7-,8-,9-,10-,11-,12-/m1/s1. The number of hydrogen-bond donors (Lipinski definition) is 2. The highest BCUT2D eigenvalue weighted by Gasteiger charge is 2.51. The maximum atomic E-state index is 11.9. The van der Waals surface area contributed by atoms with E-state index >= 15 is 0 Å². The molecule has 0 spiro atoms. The lowest BCUT2D eigenvalue weighted by molar-refractivity contribution is -0.0634. The average molecular weight is 318 g/mol. The summed E-state index contributed by atoms with van der Waals surface area (Å²) in [6, 6.07) is 0. The van der Waals surface area contributed by atoms with Crippen LogP contribution in [0.15, 0.2) is 0 Å². The fourth-order valence-corrected chi connectivity index (χ4v) is 3.36. The van der Waals surface area contributed by atoms with E-state index in [1.807, 2.05) is 0 Å². The van der Waals surface area contributed by atoms with E-state index in [-0.39, 0.29) is 26.4 Å². The predicted octanol–water partition coefficient (Wildman–Crippen LogP) is -1.81. The van der Waals surface area contributed by atoms with Crippen LogP contribution in [0.3, 0.4) is 0 Å². The number of rotatable bonds is 2. The highest BCUT2D eigenvalue weighted by Crippen LogP contribution is 2.31. The van der Waals surface area contributed by atoms with Crippen molar-refractivity contribution in [3.8, 4) is 0 Å². The number of fused-ring (bicyclic) bond motifs is 2. The Kier molecular flexibility index (Phi) is 3.71. The van der Waals surface area contributed by atoms with Gasteiger partial charge in [0, 0.05) is 0 Å². The molecule has 124 valence electrons. The molecule has 22 heavy (non-hydrogen) atoms. The molecule has 0 aromatic rings. The molecule has 0 amide bonds. The van der Waals surface area contributed by atoms with Crippen LogP contribution in [0.4, 0.5) is 4.79 Å². The molecule has 0 radical (unpaired) electrons. The molecular formula is C13H18O9. The van der Waals surface area contributed by atoms with Crippen LogP contribution >= 0.6 is 0 Å². The van der Waals surface area contributed by atoms with Gasteiger partial charge in [-0.25, -0.2) is 4.79 Å². The third kappa shape index (κ3) is 2.38. The highest BCUT2D eigenvalue weighted by atomic mass is 16.8. The first kappa shape index (κ1) is 14.6. The van der Waals surface area contributed by atoms with Crippen LogP contribution in [-0.2, 0) is 28.4 Å². The van der Waals surface area contributed by atoms with Crippen LogP contribution in [0.5, 0.6) is 0 Å². The summed E-state index contributed by atoms with van der Waals surface area (Å²) in [5, 5.41) is 19.3. The van der Waals surface area contributed by atoms with Gasteiger partial charge in [0.1, 0.15) is 36.6 Å². The van der Waals surface area contributed by atoms with Gasteiger partial charge < -0.3 is 38.6 Å². The van der Waals surface area contributed by atoms with E-state index in [2.05, 4.69) is 0 Å². The molecule has 4 rings (SSSR count). The van der Waals surface area contributed by atoms with Gasteiger partial charge in [-0.1, -0.05) is 0 Å². The predicted molar refractivity (Wildman–Crippen MR) is 66.1 cm³/mol. The third-order valence-corrected chi connectivity index (χ3v) is 4.46. The second-order valence-electron chi connectivity index (χ2n) is 5.89. The van der Waals surface area contributed by atoms with Gasteiger partial charge in [0.25, 0.3) is 0 Å². The molecule has 0 unspecified atom stereocenters. The van der Waals surface area contributed by atoms with Gasteiger partial charge in [-0.3, -0.25) is 0 Å². The SMILES string of the molecule is O=C(O[C@@H]1CO[C@H]2[C@@H]1OC[C@H]2O)O[C@@H]1CO[C@H]2[C@@H]1OC[C@H]2O. The number of aliphatic hydroxyl groups is 2. The minimum absolute atomic E-state index is 0.157. The fraction of sp³-hybridized carbons (Fsp3) is 0.923. The molecule has 8 atom stereocenters. The van der Waals surface area contributed by atoms with E-state index < -0.39 is 55.0 Å². The second kappa shape index (κ2) is 5.59. The minimum Gasteiger partial charge on any atom is -0.426 e. The molecule has 0 saturated carbocycles. The van der Waals surface area contributed by atoms with Gasteiger partial charge in [-0.2, -0.15) is 0 Å². The first-order chi connectivity index (χ1) is 10.6. The first-order valence-electron chi connectivity index (χ1n) is 7.33. The first-order valence-corrected chi connectivity index (χ1v) is 7.33. The molecule has 2 N–H and O–H groups in total. The maximum absolute atomic E-state index is 11.9. The molecule has 4 aliphatic rings. The molecule has 0 aliphatic carbocycles. The van der Waals surface area contributed by atoms with Crippen molar-refractivity contribution < 1.29 is 43.4 Å². The Labute approximate surface area is 126 Å². The molecule has 0 aromatic carbocycles. The van der Waals surface area contributed by atoms with Crippen molar-refractivity contribution in [1.29, 1.82) is 0 Å². The largest absolute Gasteiger partial charge is 0.509 e. The van der Waals surface area contributed by atoms with Crippen molar-refractivity contribution in [2.24, 2.45) is 0 Å². The Morgan fingerprint density at radius 1 is 0.727 bits per heavy atom. The Morgan fingerprint density at radius 3 is 1.59 bits per heavy atom. The lowest BCUT2D eigenvalue weighted by Crippen LogP contribution is -2.37. The smallest absolute Gasteiger partial charge is 0.426 e. The lowest BCUT2D eigenvalue weighted by Gasteiger charge is -2.19. The van der Waals surface area contributed by atoms with Crippen molar-refractivity contribution in [2.75, 3.05) is 26.4 Å². The van der Waals surface area contributed by atoms with Gasteiger partial charge in [0.2, 0.25) is 0 Å². The Balaban J connectivity index is 1.30. The summed E-state index contributed by atoms with van der Waals surface area (Å²) in [6.07, 6.45) is -5.36. The van der Waals surface area contributed by atoms with Crippen LogP contribution in [0, 0.1) is 0 Å². The molecule has 4 aliphatic heterocycles. The summed E-state index contributed by atoms with van der Waals surface area (Å²) in [5.74, 6) is 0. The Hall–Kier alpha value is -0.970. The Morgan fingerprint density at radius 2 is 1.14 bits per heavy atom. The van der Waals surface area contributed by atoms with Crippen molar-refractivity contribution in [3.63, 3.8) is 0 Å². The monoisotopic (exact) mass is 318 g/mol. The van der Waals surface area contributed by atoms with Crippen LogP contribution < -0.4 is 0 Å². The zero-order valence-electron chi connectivity index (χ0n) is 11.7. The third-order valence-electron chi connectivity index (χ3n) is 4.46. The maximum Gasteiger partial charge on any atom is 0.509 e. The molecule has 4 heterocycles. The molecule has 4 saturated heterocycles. The highest BCUT2D eigenvalue weighted by molar-refractivity contribution is 5.60. The molecule has 0 aromatic heterocycles. The second-order valence-corrected chi connectivity index (χ2v) is 5.89. The van der Waals surface area contributed by atoms with E-state index in [1.54, 1.807) is 0 Å². The number of ether oxygens (including phenoxy) is 6. The summed E-state index contributed by atoms with van der Waals surface area (Å²) >= 11 is 0. The quantitative estimate of drug-likeness (QED) is 0.569. The van der Waals surface area contributed by atoms with Gasteiger partial charge in [0.15, 0.2) is 12.2 Å². The summed E-state index contributed by atoms with van der Waals surface area (Å²) in [4.78, 5) is 11.9. The van der Waals surface area contributed by atoms with E-state index in [9.17, 15) is 15.0 Å². The molecule has 0 bridgehead atoms. The number of hydrogen-bond acceptors (Lipinski definition) is 9. The number of aliphatic hydroxyl groups excluding tert-OH is 2. The summed E-state index contributed by atoms with van der Waals surface area (Å²) < 4.78 is 31.9. The fourth-order valence-electron chi connectivity index (χ4n) is 3.36. The molecule has 9 heteroatoms. The molecule has 4 fully saturated rings. The van der Waals surface area contributed by atoms with Crippen LogP contribution in [-0.4, -0.2) is 91.6 Å². The summed E-state index contributed by atoms with van der Waals surface area (Å²) in [7, 11) is 0. The summed E-state index contributed by atoms with van der Waals surface area (Å²) in [6.45, 7) is 0.639. The van der Waals surface area contributed by atoms with E-state index in [1.165, 1.54) is 0 Å². The van der Waals surface area contributed by atoms with Gasteiger partial charge in [-0.05, 0) is 0 Å². The van der Waals surface area contributed by atoms with Crippen molar-refractivity contribution in [2.45, 2.75) is 48.8 Å². The van der Waals surface area contributed by atoms with E-state index in [0.717, 1.165) is 0 Å². The van der Waals surface area contributed by atoms with E-state index in [0.29, 0.717) is 0 Å². The topological polar surface area (TPSA) is 113 Å². The summed E-state index contributed by atoms with van der Waals surface area (Å²) in [5.41, 5.74) is 0. The van der Waals surface area contributed by atoms with Crippen molar-refractivity contribution in [1.82, 2.24) is 0 Å². The Bertz CT molecular complexity index is 405. The van der Waals surface area contributed by atoms with Crippen molar-refractivity contribution in [3.05, 3.63) is 0 Å². The average Bonchev–Trinajstić information content (AvgIpc) is 3.20. The number of carbonyl (C=O) groups excluding carboxylic acids is 1. The minimum atomic E-state index is -0.863. The van der Waals surface area contributed by atoms with Gasteiger partial charge in [-0.15, -0.1) is 0 Å². The molecular weight excluding hydrogens is 300 g/mol.